The molecule has 1 unspecified atom stereocenters. The van der Waals surface area contributed by atoms with Crippen LogP contribution in [0.2, 0.25) is 0 Å². The first-order valence-corrected chi connectivity index (χ1v) is 9.23. The molecule has 0 radical (unpaired) electrons. The molecule has 2 aliphatic heterocycles. The highest BCUT2D eigenvalue weighted by atomic mass is 19.4. The van der Waals surface area contributed by atoms with Crippen molar-refractivity contribution in [3.8, 4) is 6.07 Å². The molecule has 6 nitrogen and oxygen atoms in total. The van der Waals surface area contributed by atoms with E-state index in [0.717, 1.165) is 17.3 Å². The third-order valence-electron chi connectivity index (χ3n) is 5.23. The first-order chi connectivity index (χ1) is 13.8. The molecule has 1 atom stereocenters. The van der Waals surface area contributed by atoms with Gasteiger partial charge in [-0.25, -0.2) is 4.98 Å². The Bertz CT molecular complexity index is 977. The molecule has 150 valence electrons. The van der Waals surface area contributed by atoms with Crippen LogP contribution in [0.1, 0.15) is 16.8 Å². The van der Waals surface area contributed by atoms with Gasteiger partial charge in [0.1, 0.15) is 17.6 Å². The van der Waals surface area contributed by atoms with Gasteiger partial charge in [-0.05, 0) is 35.9 Å². The van der Waals surface area contributed by atoms with Crippen LogP contribution >= 0.6 is 0 Å². The molecule has 29 heavy (non-hydrogen) atoms. The summed E-state index contributed by atoms with van der Waals surface area (Å²) in [5, 5.41) is 12.2. The Labute approximate surface area is 165 Å². The van der Waals surface area contributed by atoms with E-state index in [-0.39, 0.29) is 11.7 Å². The van der Waals surface area contributed by atoms with Gasteiger partial charge in [0, 0.05) is 38.3 Å². The quantitative estimate of drug-likeness (QED) is 0.838. The van der Waals surface area contributed by atoms with Crippen molar-refractivity contribution in [3.63, 3.8) is 0 Å². The molecule has 1 amide bonds. The van der Waals surface area contributed by atoms with E-state index < -0.39 is 17.9 Å². The van der Waals surface area contributed by atoms with Gasteiger partial charge in [-0.3, -0.25) is 4.79 Å². The Morgan fingerprint density at radius 2 is 1.93 bits per heavy atom. The number of rotatable bonds is 2. The lowest BCUT2D eigenvalue weighted by Gasteiger charge is -2.36. The summed E-state index contributed by atoms with van der Waals surface area (Å²) in [5.74, 6) is 0.221. The monoisotopic (exact) mass is 401 g/mol. The predicted molar refractivity (Wildman–Crippen MR) is 100 cm³/mol. The van der Waals surface area contributed by atoms with Crippen molar-refractivity contribution in [2.75, 3.05) is 36.4 Å². The van der Waals surface area contributed by atoms with Crippen LogP contribution < -0.4 is 10.2 Å². The molecule has 0 spiro atoms. The van der Waals surface area contributed by atoms with Crippen molar-refractivity contribution in [2.24, 2.45) is 0 Å². The van der Waals surface area contributed by atoms with E-state index in [2.05, 4.69) is 16.4 Å². The number of nitrogens with zero attached hydrogens (tertiary/aromatic N) is 4. The number of benzene rings is 1. The first kappa shape index (κ1) is 19.1. The molecule has 0 saturated carbocycles. The molecule has 1 aromatic carbocycles. The number of alkyl halides is 3. The lowest BCUT2D eigenvalue weighted by molar-refractivity contribution is -0.141. The minimum atomic E-state index is -4.48. The zero-order chi connectivity index (χ0) is 20.6. The second kappa shape index (κ2) is 7.28. The normalized spacial score (nSPS) is 18.8. The number of carbonyl (C=O) groups excluding carboxylic acids is 1. The van der Waals surface area contributed by atoms with E-state index >= 15 is 0 Å². The van der Waals surface area contributed by atoms with E-state index in [4.69, 9.17) is 5.26 Å². The van der Waals surface area contributed by atoms with Crippen LogP contribution in [0, 0.1) is 11.3 Å². The molecular weight excluding hydrogens is 383 g/mol. The zero-order valence-corrected chi connectivity index (χ0v) is 15.4. The van der Waals surface area contributed by atoms with Crippen LogP contribution in [0.25, 0.3) is 0 Å². The maximum atomic E-state index is 12.9. The van der Waals surface area contributed by atoms with E-state index in [9.17, 15) is 18.0 Å². The molecular formula is C20H18F3N5O. The number of halogens is 3. The smallest absolute Gasteiger partial charge is 0.373 e. The molecule has 9 heteroatoms. The molecule has 2 aliphatic rings. The summed E-state index contributed by atoms with van der Waals surface area (Å²) in [6.45, 7) is 1.65. The molecule has 2 aromatic rings. The minimum Gasteiger partial charge on any atom is -0.373 e. The number of nitrogens with one attached hydrogen (secondary N) is 1. The SMILES string of the molecule is N#Cc1ccc2c(c1)CC(C(=O)N1CCN(c3cccc(C(F)(F)F)n3)CC1)N2. The lowest BCUT2D eigenvalue weighted by atomic mass is 10.1. The summed E-state index contributed by atoms with van der Waals surface area (Å²) in [4.78, 5) is 20.1. The van der Waals surface area contributed by atoms with Crippen molar-refractivity contribution in [3.05, 3.63) is 53.2 Å². The Hall–Kier alpha value is -3.28. The fourth-order valence-electron chi connectivity index (χ4n) is 3.71. The molecule has 4 rings (SSSR count). The van der Waals surface area contributed by atoms with Crippen molar-refractivity contribution < 1.29 is 18.0 Å². The van der Waals surface area contributed by atoms with Gasteiger partial charge >= 0.3 is 6.18 Å². The zero-order valence-electron chi connectivity index (χ0n) is 15.4. The number of hydrogen-bond acceptors (Lipinski definition) is 5. The number of amides is 1. The summed E-state index contributed by atoms with van der Waals surface area (Å²) in [6.07, 6.45) is -3.97. The first-order valence-electron chi connectivity index (χ1n) is 9.23. The number of hydrogen-bond donors (Lipinski definition) is 1. The second-order valence-corrected chi connectivity index (χ2v) is 7.08. The lowest BCUT2D eigenvalue weighted by Crippen LogP contribution is -2.52. The van der Waals surface area contributed by atoms with Gasteiger partial charge in [-0.15, -0.1) is 0 Å². The third-order valence-corrected chi connectivity index (χ3v) is 5.23. The van der Waals surface area contributed by atoms with Crippen LogP contribution in [-0.2, 0) is 17.4 Å². The Morgan fingerprint density at radius 1 is 1.17 bits per heavy atom. The number of piperazine rings is 1. The number of aromatic nitrogens is 1. The van der Waals surface area contributed by atoms with Crippen molar-refractivity contribution in [1.29, 1.82) is 5.26 Å². The number of fused-ring (bicyclic) bond motifs is 1. The van der Waals surface area contributed by atoms with Crippen LogP contribution in [0.5, 0.6) is 0 Å². The molecule has 1 N–H and O–H groups in total. The second-order valence-electron chi connectivity index (χ2n) is 7.08. The Morgan fingerprint density at radius 3 is 2.62 bits per heavy atom. The molecule has 1 fully saturated rings. The van der Waals surface area contributed by atoms with Gasteiger partial charge in [0.05, 0.1) is 11.6 Å². The fourth-order valence-corrected chi connectivity index (χ4v) is 3.71. The highest BCUT2D eigenvalue weighted by Gasteiger charge is 2.34. The van der Waals surface area contributed by atoms with Gasteiger partial charge in [-0.1, -0.05) is 6.07 Å². The van der Waals surface area contributed by atoms with E-state index in [1.165, 1.54) is 6.07 Å². The standard InChI is InChI=1S/C20H18F3N5O/c21-20(22,23)17-2-1-3-18(26-17)27-6-8-28(9-7-27)19(29)16-11-14-10-13(12-24)4-5-15(14)25-16/h1-5,10,16,25H,6-9,11H2. The topological polar surface area (TPSA) is 72.3 Å². The number of carbonyl (C=O) groups is 1. The van der Waals surface area contributed by atoms with Gasteiger partial charge in [0.2, 0.25) is 5.91 Å². The third kappa shape index (κ3) is 3.83. The molecule has 3 heterocycles. The van der Waals surface area contributed by atoms with E-state index in [1.807, 2.05) is 0 Å². The van der Waals surface area contributed by atoms with Gasteiger partial charge in [0.25, 0.3) is 0 Å². The fraction of sp³-hybridized carbons (Fsp3) is 0.350. The maximum absolute atomic E-state index is 12.9. The van der Waals surface area contributed by atoms with Gasteiger partial charge < -0.3 is 15.1 Å². The van der Waals surface area contributed by atoms with Gasteiger partial charge in [-0.2, -0.15) is 18.4 Å². The van der Waals surface area contributed by atoms with Crippen LogP contribution in [-0.4, -0.2) is 48.0 Å². The number of anilines is 2. The highest BCUT2D eigenvalue weighted by molar-refractivity contribution is 5.87. The van der Waals surface area contributed by atoms with Crippen LogP contribution in [0.15, 0.2) is 36.4 Å². The van der Waals surface area contributed by atoms with Crippen molar-refractivity contribution >= 4 is 17.4 Å². The van der Waals surface area contributed by atoms with Gasteiger partial charge in [0.15, 0.2) is 0 Å². The summed E-state index contributed by atoms with van der Waals surface area (Å²) in [5.41, 5.74) is 1.43. The largest absolute Gasteiger partial charge is 0.433 e. The molecule has 0 aliphatic carbocycles. The van der Waals surface area contributed by atoms with Crippen LogP contribution in [0.4, 0.5) is 24.7 Å². The van der Waals surface area contributed by atoms with E-state index in [0.29, 0.717) is 38.2 Å². The summed E-state index contributed by atoms with van der Waals surface area (Å²) in [6, 6.07) is 10.8. The Kier molecular flexibility index (Phi) is 4.78. The summed E-state index contributed by atoms with van der Waals surface area (Å²) < 4.78 is 38.6. The summed E-state index contributed by atoms with van der Waals surface area (Å²) in [7, 11) is 0. The molecule has 1 saturated heterocycles. The number of pyridine rings is 1. The predicted octanol–water partition coefficient (Wildman–Crippen LogP) is 2.66. The highest BCUT2D eigenvalue weighted by Crippen LogP contribution is 2.30. The minimum absolute atomic E-state index is 0.0450. The average Bonchev–Trinajstić information content (AvgIpc) is 3.16. The molecule has 0 bridgehead atoms. The number of nitriles is 1. The van der Waals surface area contributed by atoms with E-state index in [1.54, 1.807) is 34.1 Å². The maximum Gasteiger partial charge on any atom is 0.433 e. The van der Waals surface area contributed by atoms with Crippen molar-refractivity contribution in [1.82, 2.24) is 9.88 Å². The Balaban J connectivity index is 1.38. The van der Waals surface area contributed by atoms with Crippen LogP contribution in [0.3, 0.4) is 0 Å². The summed E-state index contributed by atoms with van der Waals surface area (Å²) >= 11 is 0. The van der Waals surface area contributed by atoms with Crippen molar-refractivity contribution in [2.45, 2.75) is 18.6 Å². The molecule has 1 aromatic heterocycles. The average molecular weight is 401 g/mol.